The summed E-state index contributed by atoms with van der Waals surface area (Å²) in [5, 5.41) is 2.84. The zero-order valence-electron chi connectivity index (χ0n) is 14.8. The molecule has 0 unspecified atom stereocenters. The Labute approximate surface area is 146 Å². The lowest BCUT2D eigenvalue weighted by atomic mass is 10.1. The van der Waals surface area contributed by atoms with Crippen molar-refractivity contribution in [2.45, 2.75) is 20.8 Å². The molecule has 6 heteroatoms. The smallest absolute Gasteiger partial charge is 0.262 e. The highest BCUT2D eigenvalue weighted by molar-refractivity contribution is 5.96. The number of amides is 2. The zero-order chi connectivity index (χ0) is 18.6. The van der Waals surface area contributed by atoms with Crippen molar-refractivity contribution in [2.75, 3.05) is 19.0 Å². The maximum atomic E-state index is 12.2. The highest BCUT2D eigenvalue weighted by Gasteiger charge is 2.14. The fourth-order valence-electron chi connectivity index (χ4n) is 2.65. The Bertz CT molecular complexity index is 792. The molecular weight excluding hydrogens is 320 g/mol. The van der Waals surface area contributed by atoms with E-state index in [0.29, 0.717) is 5.75 Å². The van der Waals surface area contributed by atoms with Crippen LogP contribution in [0.1, 0.15) is 27.0 Å². The summed E-state index contributed by atoms with van der Waals surface area (Å²) in [6.07, 6.45) is 0. The topological polar surface area (TPSA) is 90.7 Å². The van der Waals surface area contributed by atoms with Gasteiger partial charge in [0.05, 0.1) is 12.7 Å². The van der Waals surface area contributed by atoms with Crippen molar-refractivity contribution < 1.29 is 19.1 Å². The molecule has 0 bridgehead atoms. The fourth-order valence-corrected chi connectivity index (χ4v) is 2.65. The number of hydrogen-bond acceptors (Lipinski definition) is 4. The number of benzene rings is 2. The lowest BCUT2D eigenvalue weighted by molar-refractivity contribution is -0.118. The molecule has 3 N–H and O–H groups in total. The third kappa shape index (κ3) is 4.50. The minimum Gasteiger partial charge on any atom is -0.497 e. The lowest BCUT2D eigenvalue weighted by Gasteiger charge is -2.14. The van der Waals surface area contributed by atoms with Gasteiger partial charge >= 0.3 is 0 Å². The van der Waals surface area contributed by atoms with Gasteiger partial charge in [-0.25, -0.2) is 0 Å². The van der Waals surface area contributed by atoms with E-state index in [1.54, 1.807) is 6.07 Å². The van der Waals surface area contributed by atoms with Gasteiger partial charge < -0.3 is 20.5 Å². The summed E-state index contributed by atoms with van der Waals surface area (Å²) in [6.45, 7) is 5.62. The third-order valence-electron chi connectivity index (χ3n) is 3.75. The maximum absolute atomic E-state index is 12.2. The molecule has 2 aromatic rings. The highest BCUT2D eigenvalue weighted by atomic mass is 16.5. The average Bonchev–Trinajstić information content (AvgIpc) is 2.55. The number of aryl methyl sites for hydroxylation is 3. The van der Waals surface area contributed by atoms with Crippen LogP contribution in [0.5, 0.6) is 11.5 Å². The number of ether oxygens (including phenoxy) is 2. The molecule has 0 saturated carbocycles. The molecule has 0 atom stereocenters. The highest BCUT2D eigenvalue weighted by Crippen LogP contribution is 2.25. The Morgan fingerprint density at radius 2 is 1.72 bits per heavy atom. The van der Waals surface area contributed by atoms with Crippen LogP contribution in [0.2, 0.25) is 0 Å². The Morgan fingerprint density at radius 3 is 2.28 bits per heavy atom. The van der Waals surface area contributed by atoms with Gasteiger partial charge in [0.25, 0.3) is 11.8 Å². The van der Waals surface area contributed by atoms with Gasteiger partial charge in [-0.2, -0.15) is 0 Å². The summed E-state index contributed by atoms with van der Waals surface area (Å²) in [6, 6.07) is 8.62. The number of hydrogen-bond donors (Lipinski definition) is 2. The molecule has 0 aliphatic rings. The van der Waals surface area contributed by atoms with Crippen LogP contribution in [0.25, 0.3) is 0 Å². The van der Waals surface area contributed by atoms with E-state index in [0.717, 1.165) is 22.4 Å². The van der Waals surface area contributed by atoms with Gasteiger partial charge in [0, 0.05) is 11.8 Å². The van der Waals surface area contributed by atoms with Crippen LogP contribution in [0.4, 0.5) is 5.69 Å². The van der Waals surface area contributed by atoms with Crippen LogP contribution in [-0.2, 0) is 4.79 Å². The zero-order valence-corrected chi connectivity index (χ0v) is 14.8. The molecule has 0 aliphatic carbocycles. The average molecular weight is 342 g/mol. The van der Waals surface area contributed by atoms with E-state index in [9.17, 15) is 9.59 Å². The monoisotopic (exact) mass is 342 g/mol. The van der Waals surface area contributed by atoms with Crippen LogP contribution in [-0.4, -0.2) is 25.5 Å². The van der Waals surface area contributed by atoms with Crippen molar-refractivity contribution >= 4 is 17.5 Å². The van der Waals surface area contributed by atoms with Gasteiger partial charge in [-0.3, -0.25) is 9.59 Å². The van der Waals surface area contributed by atoms with E-state index in [1.165, 1.54) is 19.2 Å². The molecule has 0 aliphatic heterocycles. The summed E-state index contributed by atoms with van der Waals surface area (Å²) >= 11 is 0. The van der Waals surface area contributed by atoms with Crippen LogP contribution < -0.4 is 20.5 Å². The molecule has 6 nitrogen and oxygen atoms in total. The first-order chi connectivity index (χ1) is 11.8. The van der Waals surface area contributed by atoms with Gasteiger partial charge in [-0.05, 0) is 44.0 Å². The van der Waals surface area contributed by atoms with Crippen molar-refractivity contribution in [3.05, 3.63) is 52.6 Å². The Balaban J connectivity index is 2.12. The number of nitrogens with one attached hydrogen (secondary N) is 1. The SMILES string of the molecule is COc1ccc(C(N)=O)c(OCC(=O)Nc2c(C)cc(C)cc2C)c1. The maximum Gasteiger partial charge on any atom is 0.262 e. The molecule has 132 valence electrons. The predicted molar refractivity (Wildman–Crippen MR) is 96.3 cm³/mol. The predicted octanol–water partition coefficient (Wildman–Crippen LogP) is 2.74. The summed E-state index contributed by atoms with van der Waals surface area (Å²) in [5.41, 5.74) is 9.37. The summed E-state index contributed by atoms with van der Waals surface area (Å²) in [7, 11) is 1.50. The van der Waals surface area contributed by atoms with Gasteiger partial charge in [-0.15, -0.1) is 0 Å². The molecule has 0 radical (unpaired) electrons. The Kier molecular flexibility index (Phi) is 5.64. The van der Waals surface area contributed by atoms with Gasteiger partial charge in [0.1, 0.15) is 11.5 Å². The van der Waals surface area contributed by atoms with Gasteiger partial charge in [-0.1, -0.05) is 17.7 Å². The first-order valence-corrected chi connectivity index (χ1v) is 7.80. The molecule has 2 aromatic carbocycles. The number of nitrogens with two attached hydrogens (primary N) is 1. The van der Waals surface area contributed by atoms with Crippen molar-refractivity contribution in [3.63, 3.8) is 0 Å². The summed E-state index contributed by atoms with van der Waals surface area (Å²) in [5.74, 6) is -0.249. The number of primary amides is 1. The van der Waals surface area contributed by atoms with Crippen molar-refractivity contribution in [1.82, 2.24) is 0 Å². The van der Waals surface area contributed by atoms with Crippen LogP contribution in [0, 0.1) is 20.8 Å². The second-order valence-electron chi connectivity index (χ2n) is 5.84. The molecule has 25 heavy (non-hydrogen) atoms. The standard InChI is InChI=1S/C19H22N2O4/c1-11-7-12(2)18(13(3)8-11)21-17(22)10-25-16-9-14(24-4)5-6-15(16)19(20)23/h5-9H,10H2,1-4H3,(H2,20,23)(H,21,22). The molecule has 2 rings (SSSR count). The third-order valence-corrected chi connectivity index (χ3v) is 3.75. The van der Waals surface area contributed by atoms with Gasteiger partial charge in [0.15, 0.2) is 6.61 Å². The van der Waals surface area contributed by atoms with Crippen molar-refractivity contribution in [2.24, 2.45) is 5.73 Å². The largest absolute Gasteiger partial charge is 0.497 e. The van der Waals surface area contributed by atoms with E-state index in [-0.39, 0.29) is 23.8 Å². The first-order valence-electron chi connectivity index (χ1n) is 7.80. The van der Waals surface area contributed by atoms with Gasteiger partial charge in [0.2, 0.25) is 0 Å². The molecule has 2 amide bonds. The quantitative estimate of drug-likeness (QED) is 0.844. The summed E-state index contributed by atoms with van der Waals surface area (Å²) in [4.78, 5) is 23.7. The molecule has 0 saturated heterocycles. The molecule has 0 fully saturated rings. The second-order valence-corrected chi connectivity index (χ2v) is 5.84. The van der Waals surface area contributed by atoms with Crippen molar-refractivity contribution in [1.29, 1.82) is 0 Å². The van der Waals surface area contributed by atoms with E-state index < -0.39 is 5.91 Å². The second kappa shape index (κ2) is 7.70. The minimum absolute atomic E-state index is 0.191. The number of anilines is 1. The molecule has 0 heterocycles. The number of carbonyl (C=O) groups is 2. The normalized spacial score (nSPS) is 10.2. The number of carbonyl (C=O) groups excluding carboxylic acids is 2. The molecule has 0 aromatic heterocycles. The molecule has 0 spiro atoms. The fraction of sp³-hybridized carbons (Fsp3) is 0.263. The van der Waals surface area contributed by atoms with E-state index in [1.807, 2.05) is 32.9 Å². The van der Waals surface area contributed by atoms with Crippen LogP contribution in [0.3, 0.4) is 0 Å². The first kappa shape index (κ1) is 18.3. The number of rotatable bonds is 6. The van der Waals surface area contributed by atoms with Crippen LogP contribution >= 0.6 is 0 Å². The Morgan fingerprint density at radius 1 is 1.08 bits per heavy atom. The van der Waals surface area contributed by atoms with Crippen molar-refractivity contribution in [3.8, 4) is 11.5 Å². The van der Waals surface area contributed by atoms with Crippen LogP contribution in [0.15, 0.2) is 30.3 Å². The van der Waals surface area contributed by atoms with E-state index in [4.69, 9.17) is 15.2 Å². The Hall–Kier alpha value is -3.02. The lowest BCUT2D eigenvalue weighted by Crippen LogP contribution is -2.22. The summed E-state index contributed by atoms with van der Waals surface area (Å²) < 4.78 is 10.6. The number of methoxy groups -OCH3 is 1. The van der Waals surface area contributed by atoms with E-state index >= 15 is 0 Å². The minimum atomic E-state index is -0.636. The molecular formula is C19H22N2O4. The van der Waals surface area contributed by atoms with E-state index in [2.05, 4.69) is 5.32 Å².